The van der Waals surface area contributed by atoms with Crippen LogP contribution in [0.25, 0.3) is 11.5 Å². The molecule has 0 atom stereocenters. The second-order valence-corrected chi connectivity index (χ2v) is 4.84. The number of hydrogen-bond donors (Lipinski definition) is 1. The first-order valence-corrected chi connectivity index (χ1v) is 7.28. The molecule has 0 unspecified atom stereocenters. The van der Waals surface area contributed by atoms with Crippen molar-refractivity contribution in [1.29, 1.82) is 0 Å². The molecule has 0 aliphatic heterocycles. The first-order chi connectivity index (χ1) is 8.83. The molecule has 0 bridgehead atoms. The number of thiazole rings is 1. The fourth-order valence-corrected chi connectivity index (χ4v) is 2.19. The van der Waals surface area contributed by atoms with Gasteiger partial charge >= 0.3 is 0 Å². The van der Waals surface area contributed by atoms with Gasteiger partial charge in [-0.3, -0.25) is 0 Å². The molecule has 5 heteroatoms. The van der Waals surface area contributed by atoms with Crippen molar-refractivity contribution in [2.75, 3.05) is 11.9 Å². The molecule has 2 aromatic rings. The van der Waals surface area contributed by atoms with Crippen LogP contribution in [-0.4, -0.2) is 21.5 Å². The van der Waals surface area contributed by atoms with Gasteiger partial charge in [-0.05, 0) is 12.8 Å². The lowest BCUT2D eigenvalue weighted by Crippen LogP contribution is -2.05. The monoisotopic (exact) mass is 262 g/mol. The van der Waals surface area contributed by atoms with Crippen molar-refractivity contribution in [2.45, 2.75) is 33.1 Å². The van der Waals surface area contributed by atoms with Gasteiger partial charge in [0.25, 0.3) is 0 Å². The maximum atomic E-state index is 4.57. The summed E-state index contributed by atoms with van der Waals surface area (Å²) in [6.45, 7) is 5.23. The molecule has 18 heavy (non-hydrogen) atoms. The van der Waals surface area contributed by atoms with Crippen molar-refractivity contribution in [2.24, 2.45) is 0 Å². The van der Waals surface area contributed by atoms with Crippen LogP contribution in [0, 0.1) is 0 Å². The van der Waals surface area contributed by atoms with E-state index in [0.717, 1.165) is 48.8 Å². The summed E-state index contributed by atoms with van der Waals surface area (Å²) in [4.78, 5) is 13.4. The molecule has 0 saturated carbocycles. The number of hydrogen-bond acceptors (Lipinski definition) is 5. The van der Waals surface area contributed by atoms with E-state index >= 15 is 0 Å². The molecular formula is C13H18N4S. The maximum absolute atomic E-state index is 4.57. The van der Waals surface area contributed by atoms with Crippen LogP contribution >= 0.6 is 11.3 Å². The minimum atomic E-state index is 0.723. The summed E-state index contributed by atoms with van der Waals surface area (Å²) in [5.41, 5.74) is 3.75. The SMILES string of the molecule is CCCNc1cc(CCC)nc(-c2cscn2)n1. The molecule has 4 nitrogen and oxygen atoms in total. The minimum Gasteiger partial charge on any atom is -0.370 e. The van der Waals surface area contributed by atoms with Gasteiger partial charge in [-0.15, -0.1) is 11.3 Å². The summed E-state index contributed by atoms with van der Waals surface area (Å²) < 4.78 is 0. The molecule has 0 spiro atoms. The predicted molar refractivity (Wildman–Crippen MR) is 75.9 cm³/mol. The van der Waals surface area contributed by atoms with Crippen LogP contribution in [-0.2, 0) is 6.42 Å². The van der Waals surface area contributed by atoms with Gasteiger partial charge in [0.1, 0.15) is 11.5 Å². The van der Waals surface area contributed by atoms with Crippen molar-refractivity contribution >= 4 is 17.2 Å². The van der Waals surface area contributed by atoms with E-state index < -0.39 is 0 Å². The van der Waals surface area contributed by atoms with E-state index in [1.165, 1.54) is 0 Å². The lowest BCUT2D eigenvalue weighted by atomic mass is 10.2. The first kappa shape index (κ1) is 13.0. The first-order valence-electron chi connectivity index (χ1n) is 6.33. The van der Waals surface area contributed by atoms with Gasteiger partial charge in [-0.25, -0.2) is 15.0 Å². The molecule has 0 radical (unpaired) electrons. The Bertz CT molecular complexity index is 482. The third-order valence-electron chi connectivity index (χ3n) is 2.50. The van der Waals surface area contributed by atoms with Crippen LogP contribution in [0.2, 0.25) is 0 Å². The van der Waals surface area contributed by atoms with Crippen LogP contribution in [0.4, 0.5) is 5.82 Å². The Morgan fingerprint density at radius 2 is 2.11 bits per heavy atom. The van der Waals surface area contributed by atoms with E-state index in [-0.39, 0.29) is 0 Å². The number of nitrogens with zero attached hydrogens (tertiary/aromatic N) is 3. The fourth-order valence-electron chi connectivity index (χ4n) is 1.66. The molecule has 0 amide bonds. The summed E-state index contributed by atoms with van der Waals surface area (Å²) in [6.07, 6.45) is 3.14. The Kier molecular flexibility index (Phi) is 4.64. The highest BCUT2D eigenvalue weighted by atomic mass is 32.1. The van der Waals surface area contributed by atoms with Crippen LogP contribution in [0.3, 0.4) is 0 Å². The van der Waals surface area contributed by atoms with Gasteiger partial charge < -0.3 is 5.32 Å². The van der Waals surface area contributed by atoms with Crippen LogP contribution in [0.1, 0.15) is 32.4 Å². The van der Waals surface area contributed by atoms with E-state index in [9.17, 15) is 0 Å². The summed E-state index contributed by atoms with van der Waals surface area (Å²) in [5, 5.41) is 5.30. The zero-order chi connectivity index (χ0) is 12.8. The maximum Gasteiger partial charge on any atom is 0.181 e. The Hall–Kier alpha value is -1.49. The Morgan fingerprint density at radius 1 is 1.22 bits per heavy atom. The fraction of sp³-hybridized carbons (Fsp3) is 0.462. The standard InChI is InChI=1S/C13H18N4S/c1-3-5-10-7-12(14-6-4-2)17-13(16-10)11-8-18-9-15-11/h7-9H,3-6H2,1-2H3,(H,14,16,17). The van der Waals surface area contributed by atoms with Crippen LogP contribution in [0.5, 0.6) is 0 Å². The highest BCUT2D eigenvalue weighted by Crippen LogP contribution is 2.18. The topological polar surface area (TPSA) is 50.7 Å². The van der Waals surface area contributed by atoms with E-state index in [0.29, 0.717) is 0 Å². The molecule has 2 rings (SSSR count). The average molecular weight is 262 g/mol. The zero-order valence-corrected chi connectivity index (χ0v) is 11.6. The predicted octanol–water partition coefficient (Wildman–Crippen LogP) is 3.37. The van der Waals surface area contributed by atoms with Crippen LogP contribution < -0.4 is 5.32 Å². The second kappa shape index (κ2) is 6.44. The molecule has 0 aromatic carbocycles. The number of aryl methyl sites for hydroxylation is 1. The van der Waals surface area contributed by atoms with E-state index in [4.69, 9.17) is 0 Å². The lowest BCUT2D eigenvalue weighted by molar-refractivity contribution is 0.871. The molecule has 0 fully saturated rings. The van der Waals surface area contributed by atoms with Gasteiger partial charge in [0, 0.05) is 23.7 Å². The van der Waals surface area contributed by atoms with Crippen molar-refractivity contribution in [3.8, 4) is 11.5 Å². The Labute approximate surface area is 112 Å². The van der Waals surface area contributed by atoms with Crippen molar-refractivity contribution < 1.29 is 0 Å². The zero-order valence-electron chi connectivity index (χ0n) is 10.8. The normalized spacial score (nSPS) is 10.6. The summed E-state index contributed by atoms with van der Waals surface area (Å²) in [6, 6.07) is 2.04. The molecule has 0 aliphatic rings. The van der Waals surface area contributed by atoms with Gasteiger partial charge in [-0.1, -0.05) is 20.3 Å². The van der Waals surface area contributed by atoms with Crippen molar-refractivity contribution in [3.63, 3.8) is 0 Å². The highest BCUT2D eigenvalue weighted by molar-refractivity contribution is 7.07. The Morgan fingerprint density at radius 3 is 2.78 bits per heavy atom. The quantitative estimate of drug-likeness (QED) is 0.867. The van der Waals surface area contributed by atoms with Gasteiger partial charge in [0.2, 0.25) is 0 Å². The summed E-state index contributed by atoms with van der Waals surface area (Å²) in [7, 11) is 0. The van der Waals surface area contributed by atoms with E-state index in [2.05, 4.69) is 34.1 Å². The molecule has 96 valence electrons. The number of aromatic nitrogens is 3. The van der Waals surface area contributed by atoms with Gasteiger partial charge in [-0.2, -0.15) is 0 Å². The third kappa shape index (κ3) is 3.26. The lowest BCUT2D eigenvalue weighted by Gasteiger charge is -2.08. The van der Waals surface area contributed by atoms with E-state index in [1.54, 1.807) is 11.3 Å². The average Bonchev–Trinajstić information content (AvgIpc) is 2.90. The van der Waals surface area contributed by atoms with Gasteiger partial charge in [0.15, 0.2) is 5.82 Å². The molecule has 0 aliphatic carbocycles. The molecule has 2 heterocycles. The number of anilines is 1. The van der Waals surface area contributed by atoms with Crippen molar-refractivity contribution in [1.82, 2.24) is 15.0 Å². The summed E-state index contributed by atoms with van der Waals surface area (Å²) in [5.74, 6) is 1.62. The molecule has 2 aromatic heterocycles. The Balaban J connectivity index is 2.30. The summed E-state index contributed by atoms with van der Waals surface area (Å²) >= 11 is 1.57. The molecular weight excluding hydrogens is 244 g/mol. The number of nitrogens with one attached hydrogen (secondary N) is 1. The van der Waals surface area contributed by atoms with Gasteiger partial charge in [0.05, 0.1) is 5.51 Å². The number of rotatable bonds is 6. The van der Waals surface area contributed by atoms with Crippen LogP contribution in [0.15, 0.2) is 17.0 Å². The van der Waals surface area contributed by atoms with Crippen molar-refractivity contribution in [3.05, 3.63) is 22.7 Å². The molecule has 1 N–H and O–H groups in total. The minimum absolute atomic E-state index is 0.723. The third-order valence-corrected chi connectivity index (χ3v) is 3.09. The highest BCUT2D eigenvalue weighted by Gasteiger charge is 2.07. The smallest absolute Gasteiger partial charge is 0.181 e. The largest absolute Gasteiger partial charge is 0.370 e. The second-order valence-electron chi connectivity index (χ2n) is 4.12. The molecule has 0 saturated heterocycles. The van der Waals surface area contributed by atoms with E-state index in [1.807, 2.05) is 17.0 Å².